The highest BCUT2D eigenvalue weighted by atomic mass is 16.7. The van der Waals surface area contributed by atoms with Crippen molar-refractivity contribution in [2.75, 3.05) is 20.8 Å². The number of benzene rings is 3. The van der Waals surface area contributed by atoms with Crippen molar-refractivity contribution in [2.24, 2.45) is 0 Å². The van der Waals surface area contributed by atoms with E-state index in [1.807, 2.05) is 91.0 Å². The summed E-state index contributed by atoms with van der Waals surface area (Å²) >= 11 is 0. The van der Waals surface area contributed by atoms with Crippen LogP contribution in [0.5, 0.6) is 0 Å². The van der Waals surface area contributed by atoms with Crippen molar-refractivity contribution in [1.29, 1.82) is 0 Å². The molecule has 1 aliphatic heterocycles. The van der Waals surface area contributed by atoms with Gasteiger partial charge in [-0.3, -0.25) is 0 Å². The van der Waals surface area contributed by atoms with Crippen molar-refractivity contribution < 1.29 is 33.5 Å². The van der Waals surface area contributed by atoms with Crippen molar-refractivity contribution in [3.05, 3.63) is 108 Å². The average Bonchev–Trinajstić information content (AvgIpc) is 2.95. The molecule has 0 aliphatic carbocycles. The number of hydrogen-bond donors (Lipinski definition) is 1. The van der Waals surface area contributed by atoms with Gasteiger partial charge in [-0.1, -0.05) is 91.0 Å². The smallest absolute Gasteiger partial charge is 0.186 e. The molecule has 3 aromatic rings. The maximum Gasteiger partial charge on any atom is 0.186 e. The quantitative estimate of drug-likeness (QED) is 0.372. The van der Waals surface area contributed by atoms with Crippen molar-refractivity contribution in [3.63, 3.8) is 0 Å². The fourth-order valence-corrected chi connectivity index (χ4v) is 4.46. The number of aliphatic hydroxyl groups excluding tert-OH is 1. The van der Waals surface area contributed by atoms with Crippen LogP contribution in [0.25, 0.3) is 0 Å². The largest absolute Gasteiger partial charge is 0.388 e. The van der Waals surface area contributed by atoms with Crippen molar-refractivity contribution >= 4 is 0 Å². The molecule has 1 saturated heterocycles. The van der Waals surface area contributed by atoms with Gasteiger partial charge < -0.3 is 33.5 Å². The number of ether oxygens (including phenoxy) is 6. The standard InChI is InChI=1S/C30H36O7/c1-32-21-25(31)26-27(34-18-22-12-6-3-7-13-22)28(35-19-23-14-8-4-9-15-23)29(30(33-2)37-26)36-20-24-16-10-5-11-17-24/h3-17,25-31H,18-21H2,1-2H3/t25-,26+,27+,28-,29+,30-/m0/s1. The van der Waals surface area contributed by atoms with Gasteiger partial charge in [-0.05, 0) is 16.7 Å². The van der Waals surface area contributed by atoms with Gasteiger partial charge in [-0.2, -0.15) is 0 Å². The van der Waals surface area contributed by atoms with Gasteiger partial charge >= 0.3 is 0 Å². The van der Waals surface area contributed by atoms with Crippen LogP contribution in [0.1, 0.15) is 16.7 Å². The lowest BCUT2D eigenvalue weighted by molar-refractivity contribution is -0.330. The van der Waals surface area contributed by atoms with Crippen molar-refractivity contribution in [2.45, 2.75) is 56.6 Å². The Labute approximate surface area is 218 Å². The first kappa shape index (κ1) is 27.4. The number of rotatable bonds is 13. The summed E-state index contributed by atoms with van der Waals surface area (Å²) in [7, 11) is 3.09. The molecule has 0 spiro atoms. The summed E-state index contributed by atoms with van der Waals surface area (Å²) < 4.78 is 36.5. The molecule has 1 fully saturated rings. The van der Waals surface area contributed by atoms with Gasteiger partial charge in [0.2, 0.25) is 0 Å². The average molecular weight is 509 g/mol. The van der Waals surface area contributed by atoms with Crippen LogP contribution in [0, 0.1) is 0 Å². The molecule has 6 atom stereocenters. The molecule has 1 aliphatic rings. The first-order valence-electron chi connectivity index (χ1n) is 12.5. The Morgan fingerprint density at radius 3 is 1.51 bits per heavy atom. The zero-order valence-electron chi connectivity index (χ0n) is 21.3. The minimum atomic E-state index is -0.957. The summed E-state index contributed by atoms with van der Waals surface area (Å²) in [6, 6.07) is 29.7. The zero-order valence-corrected chi connectivity index (χ0v) is 21.3. The zero-order chi connectivity index (χ0) is 25.9. The first-order chi connectivity index (χ1) is 18.2. The molecule has 1 heterocycles. The minimum absolute atomic E-state index is 0.0766. The third-order valence-corrected chi connectivity index (χ3v) is 6.34. The molecule has 0 bridgehead atoms. The minimum Gasteiger partial charge on any atom is -0.388 e. The van der Waals surface area contributed by atoms with Gasteiger partial charge in [0.25, 0.3) is 0 Å². The fourth-order valence-electron chi connectivity index (χ4n) is 4.46. The molecule has 1 N–H and O–H groups in total. The predicted octanol–water partition coefficient (Wildman–Crippen LogP) is 4.12. The molecule has 0 saturated carbocycles. The summed E-state index contributed by atoms with van der Waals surface area (Å²) in [5, 5.41) is 11.0. The predicted molar refractivity (Wildman–Crippen MR) is 139 cm³/mol. The molecular formula is C30H36O7. The van der Waals surface area contributed by atoms with Crippen LogP contribution in [-0.2, 0) is 48.2 Å². The van der Waals surface area contributed by atoms with E-state index in [-0.39, 0.29) is 6.61 Å². The Kier molecular flexibility index (Phi) is 10.6. The third-order valence-electron chi connectivity index (χ3n) is 6.34. The van der Waals surface area contributed by atoms with Gasteiger partial charge in [0.1, 0.15) is 30.5 Å². The van der Waals surface area contributed by atoms with E-state index >= 15 is 0 Å². The second kappa shape index (κ2) is 14.4. The second-order valence-corrected chi connectivity index (χ2v) is 9.01. The topological polar surface area (TPSA) is 75.6 Å². The lowest BCUT2D eigenvalue weighted by Crippen LogP contribution is -2.63. The van der Waals surface area contributed by atoms with E-state index in [0.717, 1.165) is 16.7 Å². The Bertz CT molecular complexity index is 1020. The van der Waals surface area contributed by atoms with Crippen LogP contribution in [0.15, 0.2) is 91.0 Å². The summed E-state index contributed by atoms with van der Waals surface area (Å²) in [5.74, 6) is 0. The van der Waals surface area contributed by atoms with E-state index in [2.05, 4.69) is 0 Å². The Morgan fingerprint density at radius 2 is 1.08 bits per heavy atom. The van der Waals surface area contributed by atoms with Gasteiger partial charge in [0.05, 0.1) is 26.4 Å². The molecule has 0 aromatic heterocycles. The lowest BCUT2D eigenvalue weighted by atomic mass is 9.94. The number of methoxy groups -OCH3 is 2. The molecule has 4 rings (SSSR count). The summed E-state index contributed by atoms with van der Waals surface area (Å²) in [6.07, 6.45) is -4.35. The second-order valence-electron chi connectivity index (χ2n) is 9.01. The molecule has 37 heavy (non-hydrogen) atoms. The Balaban J connectivity index is 1.62. The number of aliphatic hydroxyl groups is 1. The molecular weight excluding hydrogens is 472 g/mol. The van der Waals surface area contributed by atoms with E-state index in [1.165, 1.54) is 7.11 Å². The Hall–Kier alpha value is -2.62. The molecule has 0 radical (unpaired) electrons. The summed E-state index contributed by atoms with van der Waals surface area (Å²) in [4.78, 5) is 0. The highest BCUT2D eigenvalue weighted by molar-refractivity contribution is 5.15. The maximum absolute atomic E-state index is 11.0. The summed E-state index contributed by atoms with van der Waals surface area (Å²) in [6.45, 7) is 1.08. The van der Waals surface area contributed by atoms with Crippen LogP contribution in [0.3, 0.4) is 0 Å². The molecule has 3 aromatic carbocycles. The van der Waals surface area contributed by atoms with Gasteiger partial charge in [0.15, 0.2) is 6.29 Å². The molecule has 7 heteroatoms. The molecule has 7 nitrogen and oxygen atoms in total. The SMILES string of the molecule is COC[C@H](O)[C@H]1O[C@H](OC)[C@H](OCc2ccccc2)[C@@H](OCc2ccccc2)[C@@H]1OCc1ccccc1. The van der Waals surface area contributed by atoms with Gasteiger partial charge in [0, 0.05) is 14.2 Å². The monoisotopic (exact) mass is 508 g/mol. The van der Waals surface area contributed by atoms with Crippen molar-refractivity contribution in [1.82, 2.24) is 0 Å². The van der Waals surface area contributed by atoms with Crippen LogP contribution in [-0.4, -0.2) is 62.7 Å². The molecule has 0 unspecified atom stereocenters. The van der Waals surface area contributed by atoms with E-state index in [1.54, 1.807) is 7.11 Å². The summed E-state index contributed by atoms with van der Waals surface area (Å²) in [5.41, 5.74) is 3.03. The normalized spacial score (nSPS) is 24.6. The van der Waals surface area contributed by atoms with Crippen LogP contribution in [0.2, 0.25) is 0 Å². The Morgan fingerprint density at radius 1 is 0.649 bits per heavy atom. The van der Waals surface area contributed by atoms with Gasteiger partial charge in [-0.15, -0.1) is 0 Å². The van der Waals surface area contributed by atoms with Crippen LogP contribution < -0.4 is 0 Å². The highest BCUT2D eigenvalue weighted by Crippen LogP contribution is 2.32. The highest BCUT2D eigenvalue weighted by Gasteiger charge is 2.50. The van der Waals surface area contributed by atoms with E-state index < -0.39 is 36.8 Å². The number of hydrogen-bond acceptors (Lipinski definition) is 7. The maximum atomic E-state index is 11.0. The van der Waals surface area contributed by atoms with Crippen LogP contribution >= 0.6 is 0 Å². The van der Waals surface area contributed by atoms with Crippen molar-refractivity contribution in [3.8, 4) is 0 Å². The molecule has 198 valence electrons. The lowest BCUT2D eigenvalue weighted by Gasteiger charge is -2.46. The molecule has 0 amide bonds. The van der Waals surface area contributed by atoms with E-state index in [9.17, 15) is 5.11 Å². The van der Waals surface area contributed by atoms with E-state index in [0.29, 0.717) is 19.8 Å². The first-order valence-corrected chi connectivity index (χ1v) is 12.5. The van der Waals surface area contributed by atoms with Crippen LogP contribution in [0.4, 0.5) is 0 Å². The third kappa shape index (κ3) is 7.69. The van der Waals surface area contributed by atoms with Gasteiger partial charge in [-0.25, -0.2) is 0 Å². The van der Waals surface area contributed by atoms with E-state index in [4.69, 9.17) is 28.4 Å². The fraction of sp³-hybridized carbons (Fsp3) is 0.400.